The van der Waals surface area contributed by atoms with E-state index in [4.69, 9.17) is 16.3 Å². The van der Waals surface area contributed by atoms with Crippen molar-refractivity contribution in [2.75, 3.05) is 18.5 Å². The van der Waals surface area contributed by atoms with Crippen molar-refractivity contribution in [1.29, 1.82) is 0 Å². The van der Waals surface area contributed by atoms with E-state index in [1.54, 1.807) is 29.2 Å². The molecule has 4 rings (SSSR count). The van der Waals surface area contributed by atoms with Gasteiger partial charge in [-0.25, -0.2) is 4.79 Å². The first-order valence-corrected chi connectivity index (χ1v) is 10.8. The van der Waals surface area contributed by atoms with E-state index in [0.29, 0.717) is 29.4 Å². The Morgan fingerprint density at radius 1 is 1.23 bits per heavy atom. The highest BCUT2D eigenvalue weighted by Gasteiger charge is 2.24. The van der Waals surface area contributed by atoms with Crippen molar-refractivity contribution in [3.63, 3.8) is 0 Å². The van der Waals surface area contributed by atoms with Gasteiger partial charge in [-0.3, -0.25) is 4.79 Å². The van der Waals surface area contributed by atoms with Crippen LogP contribution in [0.3, 0.4) is 0 Å². The number of aromatic amines is 1. The number of urea groups is 1. The highest BCUT2D eigenvalue weighted by atomic mass is 35.5. The van der Waals surface area contributed by atoms with Crippen molar-refractivity contribution in [3.8, 4) is 0 Å². The molecule has 1 aliphatic heterocycles. The lowest BCUT2D eigenvalue weighted by Crippen LogP contribution is -2.40. The lowest BCUT2D eigenvalue weighted by molar-refractivity contribution is 0.0818. The van der Waals surface area contributed by atoms with E-state index in [1.807, 2.05) is 32.0 Å². The number of nitrogens with zero attached hydrogens (tertiary/aromatic N) is 1. The van der Waals surface area contributed by atoms with Crippen LogP contribution < -0.4 is 10.9 Å². The lowest BCUT2D eigenvalue weighted by atomic mass is 10.1. The van der Waals surface area contributed by atoms with Crippen LogP contribution in [0.25, 0.3) is 10.9 Å². The van der Waals surface area contributed by atoms with Crippen LogP contribution in [0.4, 0.5) is 10.5 Å². The minimum absolute atomic E-state index is 0.0278. The van der Waals surface area contributed by atoms with Crippen molar-refractivity contribution < 1.29 is 9.53 Å². The molecule has 1 fully saturated rings. The van der Waals surface area contributed by atoms with Crippen LogP contribution in [-0.2, 0) is 11.3 Å². The molecule has 0 unspecified atom stereocenters. The number of nitrogens with one attached hydrogen (secondary N) is 2. The van der Waals surface area contributed by atoms with Gasteiger partial charge >= 0.3 is 6.03 Å². The number of halogens is 1. The third-order valence-electron chi connectivity index (χ3n) is 5.56. The number of benzene rings is 2. The fourth-order valence-electron chi connectivity index (χ4n) is 4.04. The molecule has 1 atom stereocenters. The van der Waals surface area contributed by atoms with Crippen LogP contribution in [-0.4, -0.2) is 35.2 Å². The maximum Gasteiger partial charge on any atom is 0.322 e. The summed E-state index contributed by atoms with van der Waals surface area (Å²) in [6.45, 7) is 5.32. The topological polar surface area (TPSA) is 74.4 Å². The number of amides is 2. The molecule has 2 heterocycles. The van der Waals surface area contributed by atoms with E-state index >= 15 is 0 Å². The standard InChI is InChI=1S/C24H26ClN3O3/c1-15-10-16(2)22-17(11-15)12-18(23(29)27-22)13-28(14-21-4-3-9-31-21)24(30)26-20-7-5-19(25)6-8-20/h5-8,10-12,21H,3-4,9,13-14H2,1-2H3,(H,26,30)(H,27,29)/t21-/m0/s1. The molecular weight excluding hydrogens is 414 g/mol. The fraction of sp³-hybridized carbons (Fsp3) is 0.333. The van der Waals surface area contributed by atoms with Gasteiger partial charge in [-0.05, 0) is 74.0 Å². The molecule has 7 heteroatoms. The largest absolute Gasteiger partial charge is 0.376 e. The van der Waals surface area contributed by atoms with Crippen LogP contribution in [0.1, 0.15) is 29.5 Å². The highest BCUT2D eigenvalue weighted by Crippen LogP contribution is 2.20. The number of aryl methyl sites for hydroxylation is 2. The predicted octanol–water partition coefficient (Wildman–Crippen LogP) is 5.01. The summed E-state index contributed by atoms with van der Waals surface area (Å²) in [5, 5.41) is 4.46. The van der Waals surface area contributed by atoms with E-state index in [1.165, 1.54) is 0 Å². The average Bonchev–Trinajstić information content (AvgIpc) is 3.23. The smallest absolute Gasteiger partial charge is 0.322 e. The molecule has 0 aliphatic carbocycles. The Labute approximate surface area is 186 Å². The molecule has 3 aromatic rings. The summed E-state index contributed by atoms with van der Waals surface area (Å²) in [6, 6.07) is 12.6. The summed E-state index contributed by atoms with van der Waals surface area (Å²) < 4.78 is 5.74. The fourth-order valence-corrected chi connectivity index (χ4v) is 4.17. The third kappa shape index (κ3) is 5.09. The second kappa shape index (κ2) is 9.12. The Morgan fingerprint density at radius 3 is 2.71 bits per heavy atom. The number of aromatic nitrogens is 1. The molecule has 31 heavy (non-hydrogen) atoms. The van der Waals surface area contributed by atoms with Crippen molar-refractivity contribution in [1.82, 2.24) is 9.88 Å². The molecule has 0 radical (unpaired) electrons. The number of hydrogen-bond donors (Lipinski definition) is 2. The molecule has 1 aromatic heterocycles. The minimum atomic E-state index is -0.280. The first-order valence-electron chi connectivity index (χ1n) is 10.5. The maximum atomic E-state index is 13.1. The van der Waals surface area contributed by atoms with E-state index in [0.717, 1.165) is 34.9 Å². The number of anilines is 1. The Bertz CT molecular complexity index is 1150. The first-order chi connectivity index (χ1) is 14.9. The first kappa shape index (κ1) is 21.4. The van der Waals surface area contributed by atoms with Crippen LogP contribution in [0.5, 0.6) is 0 Å². The minimum Gasteiger partial charge on any atom is -0.376 e. The van der Waals surface area contributed by atoms with Gasteiger partial charge in [0.1, 0.15) is 0 Å². The van der Waals surface area contributed by atoms with Gasteiger partial charge in [-0.1, -0.05) is 23.2 Å². The van der Waals surface area contributed by atoms with Crippen molar-refractivity contribution in [2.45, 2.75) is 39.3 Å². The molecular formula is C24H26ClN3O3. The number of fused-ring (bicyclic) bond motifs is 1. The Morgan fingerprint density at radius 2 is 2.00 bits per heavy atom. The number of ether oxygens (including phenoxy) is 1. The van der Waals surface area contributed by atoms with Crippen LogP contribution in [0.2, 0.25) is 5.02 Å². The summed E-state index contributed by atoms with van der Waals surface area (Å²) >= 11 is 5.94. The van der Waals surface area contributed by atoms with E-state index in [-0.39, 0.29) is 24.2 Å². The number of carbonyl (C=O) groups excluding carboxylic acids is 1. The van der Waals surface area contributed by atoms with Crippen LogP contribution in [0, 0.1) is 13.8 Å². The number of carbonyl (C=O) groups is 1. The zero-order valence-corrected chi connectivity index (χ0v) is 18.5. The molecule has 162 valence electrons. The van der Waals surface area contributed by atoms with Crippen molar-refractivity contribution in [2.24, 2.45) is 0 Å². The number of H-pyrrole nitrogens is 1. The molecule has 6 nitrogen and oxygen atoms in total. The van der Waals surface area contributed by atoms with Crippen LogP contribution in [0.15, 0.2) is 47.3 Å². The van der Waals surface area contributed by atoms with Gasteiger partial charge < -0.3 is 19.9 Å². The van der Waals surface area contributed by atoms with Gasteiger partial charge in [0.2, 0.25) is 0 Å². The van der Waals surface area contributed by atoms with Gasteiger partial charge in [0.05, 0.1) is 18.2 Å². The summed E-state index contributed by atoms with van der Waals surface area (Å²) in [7, 11) is 0. The van der Waals surface area contributed by atoms with Gasteiger partial charge in [0, 0.05) is 29.4 Å². The molecule has 2 amide bonds. The van der Waals surface area contributed by atoms with Gasteiger partial charge in [-0.15, -0.1) is 0 Å². The predicted molar refractivity (Wildman–Crippen MR) is 124 cm³/mol. The number of hydrogen-bond acceptors (Lipinski definition) is 3. The molecule has 0 spiro atoms. The molecule has 2 N–H and O–H groups in total. The number of pyridine rings is 1. The molecule has 2 aromatic carbocycles. The third-order valence-corrected chi connectivity index (χ3v) is 5.81. The highest BCUT2D eigenvalue weighted by molar-refractivity contribution is 6.30. The molecule has 0 bridgehead atoms. The van der Waals surface area contributed by atoms with Gasteiger partial charge in [0.25, 0.3) is 5.56 Å². The Hall–Kier alpha value is -2.83. The molecule has 0 saturated carbocycles. The lowest BCUT2D eigenvalue weighted by Gasteiger charge is -2.26. The number of rotatable bonds is 5. The monoisotopic (exact) mass is 439 g/mol. The zero-order chi connectivity index (χ0) is 22.0. The quantitative estimate of drug-likeness (QED) is 0.586. The van der Waals surface area contributed by atoms with Crippen molar-refractivity contribution >= 4 is 34.2 Å². The average molecular weight is 440 g/mol. The normalized spacial score (nSPS) is 15.9. The second-order valence-electron chi connectivity index (χ2n) is 8.12. The molecule has 1 saturated heterocycles. The van der Waals surface area contributed by atoms with Crippen molar-refractivity contribution in [3.05, 3.63) is 74.5 Å². The summed E-state index contributed by atoms with van der Waals surface area (Å²) in [5.41, 5.74) is 3.98. The van der Waals surface area contributed by atoms with E-state index < -0.39 is 0 Å². The zero-order valence-electron chi connectivity index (χ0n) is 17.7. The van der Waals surface area contributed by atoms with E-state index in [2.05, 4.69) is 10.3 Å². The Kier molecular flexibility index (Phi) is 6.30. The summed E-state index contributed by atoms with van der Waals surface area (Å²) in [5.74, 6) is 0. The Balaban J connectivity index is 1.62. The maximum absolute atomic E-state index is 13.1. The van der Waals surface area contributed by atoms with Crippen LogP contribution >= 0.6 is 11.6 Å². The second-order valence-corrected chi connectivity index (χ2v) is 8.56. The van der Waals surface area contributed by atoms with Gasteiger partial charge in [-0.2, -0.15) is 0 Å². The van der Waals surface area contributed by atoms with Gasteiger partial charge in [0.15, 0.2) is 0 Å². The summed E-state index contributed by atoms with van der Waals surface area (Å²) in [4.78, 5) is 30.5. The summed E-state index contributed by atoms with van der Waals surface area (Å²) in [6.07, 6.45) is 1.85. The molecule has 1 aliphatic rings. The SMILES string of the molecule is Cc1cc(C)c2[nH]c(=O)c(CN(C[C@@H]3CCCO3)C(=O)Nc3ccc(Cl)cc3)cc2c1. The van der Waals surface area contributed by atoms with E-state index in [9.17, 15) is 9.59 Å².